The standard InChI is InChI=1S/C24H26N4O2S/c1-30-23(29)20-21(25-16-18-10-4-2-5-11-18)26-24(28-14-8-9-15-28)27-22(20)31-17-19-12-6-3-7-13-19/h2-7,10-13H,8-9,14-17H2,1H3,(H,25,26,27). The maximum absolute atomic E-state index is 12.7. The van der Waals surface area contributed by atoms with Crippen molar-refractivity contribution in [2.75, 3.05) is 30.4 Å². The molecular formula is C24H26N4O2S. The summed E-state index contributed by atoms with van der Waals surface area (Å²) in [7, 11) is 1.39. The molecule has 6 nitrogen and oxygen atoms in total. The van der Waals surface area contributed by atoms with Crippen LogP contribution < -0.4 is 10.2 Å². The van der Waals surface area contributed by atoms with E-state index in [1.165, 1.54) is 24.4 Å². The van der Waals surface area contributed by atoms with Crippen LogP contribution in [0.1, 0.15) is 34.3 Å². The van der Waals surface area contributed by atoms with Gasteiger partial charge in [0.15, 0.2) is 0 Å². The molecule has 0 aliphatic carbocycles. The van der Waals surface area contributed by atoms with E-state index in [9.17, 15) is 4.79 Å². The van der Waals surface area contributed by atoms with Crippen LogP contribution in [0, 0.1) is 0 Å². The van der Waals surface area contributed by atoms with Gasteiger partial charge in [0.05, 0.1) is 7.11 Å². The fourth-order valence-corrected chi connectivity index (χ4v) is 4.48. The van der Waals surface area contributed by atoms with E-state index in [1.54, 1.807) is 0 Å². The highest BCUT2D eigenvalue weighted by Crippen LogP contribution is 2.32. The summed E-state index contributed by atoms with van der Waals surface area (Å²) in [6.45, 7) is 2.42. The number of anilines is 2. The first kappa shape index (κ1) is 21.2. The molecule has 160 valence electrons. The zero-order chi connectivity index (χ0) is 21.5. The zero-order valence-corrected chi connectivity index (χ0v) is 18.4. The summed E-state index contributed by atoms with van der Waals surface area (Å²) in [6, 6.07) is 20.2. The second kappa shape index (κ2) is 10.3. The molecule has 0 saturated carbocycles. The number of carbonyl (C=O) groups excluding carboxylic acids is 1. The van der Waals surface area contributed by atoms with Crippen LogP contribution in [0.4, 0.5) is 11.8 Å². The zero-order valence-electron chi connectivity index (χ0n) is 17.6. The molecule has 0 unspecified atom stereocenters. The highest BCUT2D eigenvalue weighted by molar-refractivity contribution is 7.98. The molecule has 1 aliphatic rings. The third-order valence-corrected chi connectivity index (χ3v) is 6.21. The van der Waals surface area contributed by atoms with Crippen molar-refractivity contribution < 1.29 is 9.53 Å². The molecule has 1 saturated heterocycles. The van der Waals surface area contributed by atoms with Crippen LogP contribution >= 0.6 is 11.8 Å². The SMILES string of the molecule is COC(=O)c1c(NCc2ccccc2)nc(N2CCCC2)nc1SCc1ccccc1. The number of hydrogen-bond acceptors (Lipinski definition) is 7. The van der Waals surface area contributed by atoms with Gasteiger partial charge in [0.25, 0.3) is 0 Å². The molecule has 0 atom stereocenters. The van der Waals surface area contributed by atoms with Gasteiger partial charge in [0, 0.05) is 25.4 Å². The van der Waals surface area contributed by atoms with Gasteiger partial charge in [-0.25, -0.2) is 9.78 Å². The van der Waals surface area contributed by atoms with E-state index in [0.717, 1.165) is 31.5 Å². The molecule has 1 fully saturated rings. The summed E-state index contributed by atoms with van der Waals surface area (Å²) < 4.78 is 5.10. The predicted octanol–water partition coefficient (Wildman–Crippen LogP) is 4.77. The molecule has 0 amide bonds. The number of esters is 1. The van der Waals surface area contributed by atoms with Crippen LogP contribution in [0.25, 0.3) is 0 Å². The van der Waals surface area contributed by atoms with E-state index < -0.39 is 5.97 Å². The van der Waals surface area contributed by atoms with Crippen LogP contribution in [-0.4, -0.2) is 36.1 Å². The van der Waals surface area contributed by atoms with Crippen molar-refractivity contribution >= 4 is 29.5 Å². The van der Waals surface area contributed by atoms with Crippen molar-refractivity contribution in [3.8, 4) is 0 Å². The molecular weight excluding hydrogens is 408 g/mol. The lowest BCUT2D eigenvalue weighted by Crippen LogP contribution is -2.23. The minimum absolute atomic E-state index is 0.391. The normalized spacial score (nSPS) is 13.3. The van der Waals surface area contributed by atoms with Crippen molar-refractivity contribution in [3.63, 3.8) is 0 Å². The summed E-state index contributed by atoms with van der Waals surface area (Å²) in [6.07, 6.45) is 2.25. The molecule has 3 aromatic rings. The predicted molar refractivity (Wildman–Crippen MR) is 125 cm³/mol. The van der Waals surface area contributed by atoms with Gasteiger partial charge in [-0.05, 0) is 24.0 Å². The summed E-state index contributed by atoms with van der Waals surface area (Å²) >= 11 is 1.53. The van der Waals surface area contributed by atoms with Gasteiger partial charge < -0.3 is 15.0 Å². The summed E-state index contributed by atoms with van der Waals surface area (Å²) in [5.41, 5.74) is 2.67. The van der Waals surface area contributed by atoms with Crippen LogP contribution in [0.2, 0.25) is 0 Å². The van der Waals surface area contributed by atoms with E-state index in [4.69, 9.17) is 14.7 Å². The third-order valence-electron chi connectivity index (χ3n) is 5.16. The van der Waals surface area contributed by atoms with E-state index in [2.05, 4.69) is 22.3 Å². The largest absolute Gasteiger partial charge is 0.465 e. The van der Waals surface area contributed by atoms with Gasteiger partial charge in [0.2, 0.25) is 5.95 Å². The van der Waals surface area contributed by atoms with Crippen LogP contribution in [0.3, 0.4) is 0 Å². The van der Waals surface area contributed by atoms with Crippen LogP contribution in [-0.2, 0) is 17.0 Å². The molecule has 2 aromatic carbocycles. The molecule has 1 N–H and O–H groups in total. The first-order valence-electron chi connectivity index (χ1n) is 10.4. The fraction of sp³-hybridized carbons (Fsp3) is 0.292. The van der Waals surface area contributed by atoms with Gasteiger partial charge >= 0.3 is 5.97 Å². The van der Waals surface area contributed by atoms with E-state index in [0.29, 0.717) is 34.7 Å². The van der Waals surface area contributed by atoms with Crippen LogP contribution in [0.15, 0.2) is 65.7 Å². The summed E-state index contributed by atoms with van der Waals surface area (Å²) in [4.78, 5) is 24.5. The van der Waals surface area contributed by atoms with Gasteiger partial charge in [0.1, 0.15) is 16.4 Å². The number of aromatic nitrogens is 2. The Hall–Kier alpha value is -3.06. The third kappa shape index (κ3) is 5.35. The molecule has 7 heteroatoms. The Morgan fingerprint density at radius 1 is 1.00 bits per heavy atom. The van der Waals surface area contributed by atoms with E-state index in [-0.39, 0.29) is 0 Å². The maximum Gasteiger partial charge on any atom is 0.344 e. The van der Waals surface area contributed by atoms with Gasteiger partial charge in [-0.3, -0.25) is 0 Å². The minimum Gasteiger partial charge on any atom is -0.465 e. The number of rotatable bonds is 8. The minimum atomic E-state index is -0.431. The molecule has 31 heavy (non-hydrogen) atoms. The number of carbonyl (C=O) groups is 1. The highest BCUT2D eigenvalue weighted by atomic mass is 32.2. The number of nitrogens with one attached hydrogen (secondary N) is 1. The van der Waals surface area contributed by atoms with Crippen molar-refractivity contribution in [2.24, 2.45) is 0 Å². The second-order valence-corrected chi connectivity index (χ2v) is 8.32. The van der Waals surface area contributed by atoms with Crippen LogP contribution in [0.5, 0.6) is 0 Å². The van der Waals surface area contributed by atoms with Gasteiger partial charge in [-0.1, -0.05) is 60.7 Å². The summed E-state index contributed by atoms with van der Waals surface area (Å²) in [5.74, 6) is 1.46. The molecule has 0 bridgehead atoms. The maximum atomic E-state index is 12.7. The Labute approximate surface area is 187 Å². The Kier molecular flexibility index (Phi) is 7.04. The number of benzene rings is 2. The number of methoxy groups -OCH3 is 1. The molecule has 1 aliphatic heterocycles. The van der Waals surface area contributed by atoms with Gasteiger partial charge in [-0.15, -0.1) is 11.8 Å². The Balaban J connectivity index is 1.68. The van der Waals surface area contributed by atoms with Crippen molar-refractivity contribution in [1.29, 1.82) is 0 Å². The lowest BCUT2D eigenvalue weighted by Gasteiger charge is -2.20. The first-order chi connectivity index (χ1) is 15.2. The Bertz CT molecular complexity index is 944. The summed E-state index contributed by atoms with van der Waals surface area (Å²) in [5, 5.41) is 4.00. The Morgan fingerprint density at radius 3 is 2.29 bits per heavy atom. The van der Waals surface area contributed by atoms with Crippen molar-refractivity contribution in [2.45, 2.75) is 30.2 Å². The molecule has 4 rings (SSSR count). The average molecular weight is 435 g/mol. The average Bonchev–Trinajstić information content (AvgIpc) is 3.37. The van der Waals surface area contributed by atoms with Gasteiger partial charge in [-0.2, -0.15) is 4.98 Å². The van der Waals surface area contributed by atoms with E-state index >= 15 is 0 Å². The number of thioether (sulfide) groups is 1. The quantitative estimate of drug-likeness (QED) is 0.311. The smallest absolute Gasteiger partial charge is 0.344 e. The second-order valence-electron chi connectivity index (χ2n) is 7.35. The van der Waals surface area contributed by atoms with E-state index in [1.807, 2.05) is 48.5 Å². The number of nitrogens with zero attached hydrogens (tertiary/aromatic N) is 3. The first-order valence-corrected chi connectivity index (χ1v) is 11.4. The lowest BCUT2D eigenvalue weighted by molar-refractivity contribution is 0.0596. The monoisotopic (exact) mass is 434 g/mol. The lowest BCUT2D eigenvalue weighted by atomic mass is 10.2. The topological polar surface area (TPSA) is 67.3 Å². The molecule has 0 spiro atoms. The molecule has 1 aromatic heterocycles. The van der Waals surface area contributed by atoms with Crippen molar-refractivity contribution in [3.05, 3.63) is 77.4 Å². The fourth-order valence-electron chi connectivity index (χ4n) is 3.51. The molecule has 0 radical (unpaired) electrons. The molecule has 2 heterocycles. The van der Waals surface area contributed by atoms with Crippen molar-refractivity contribution in [1.82, 2.24) is 9.97 Å². The highest BCUT2D eigenvalue weighted by Gasteiger charge is 2.25. The number of ether oxygens (including phenoxy) is 1. The Morgan fingerprint density at radius 2 is 1.65 bits per heavy atom. The number of hydrogen-bond donors (Lipinski definition) is 1.